The maximum atomic E-state index is 5.62. The number of aryl methyl sites for hydroxylation is 1. The van der Waals surface area contributed by atoms with Gasteiger partial charge in [0.1, 0.15) is 0 Å². The lowest BCUT2D eigenvalue weighted by Gasteiger charge is -2.10. The van der Waals surface area contributed by atoms with Gasteiger partial charge < -0.3 is 10.1 Å². The van der Waals surface area contributed by atoms with Crippen LogP contribution >= 0.6 is 0 Å². The van der Waals surface area contributed by atoms with Crippen LogP contribution in [0.5, 0.6) is 0 Å². The van der Waals surface area contributed by atoms with Crippen molar-refractivity contribution in [1.29, 1.82) is 0 Å². The molecule has 0 fully saturated rings. The maximum absolute atomic E-state index is 5.62. The fourth-order valence-electron chi connectivity index (χ4n) is 2.23. The van der Waals surface area contributed by atoms with Crippen molar-refractivity contribution in [2.45, 2.75) is 13.3 Å². The third-order valence-electron chi connectivity index (χ3n) is 3.27. The standard InChI is InChI=1S/C16H21NO/c1-13-7-8-14-5-3-4-6-16(14)15(13)9-11-18-12-10-17-2/h3-8,17H,9-12H2,1-2H3. The van der Waals surface area contributed by atoms with Gasteiger partial charge in [-0.15, -0.1) is 0 Å². The molecule has 96 valence electrons. The van der Waals surface area contributed by atoms with Gasteiger partial charge in [-0.3, -0.25) is 0 Å². The van der Waals surface area contributed by atoms with Gasteiger partial charge in [-0.2, -0.15) is 0 Å². The third kappa shape index (κ3) is 3.09. The first-order valence-electron chi connectivity index (χ1n) is 6.52. The van der Waals surface area contributed by atoms with Gasteiger partial charge in [0, 0.05) is 6.54 Å². The minimum absolute atomic E-state index is 0.778. The Kier molecular flexibility index (Phi) is 4.73. The number of nitrogens with one attached hydrogen (secondary N) is 1. The van der Waals surface area contributed by atoms with Crippen LogP contribution in [0.25, 0.3) is 10.8 Å². The van der Waals surface area contributed by atoms with Gasteiger partial charge in [-0.25, -0.2) is 0 Å². The Hall–Kier alpha value is -1.38. The van der Waals surface area contributed by atoms with E-state index in [-0.39, 0.29) is 0 Å². The molecule has 2 rings (SSSR count). The zero-order valence-electron chi connectivity index (χ0n) is 11.2. The van der Waals surface area contributed by atoms with Gasteiger partial charge in [-0.1, -0.05) is 36.4 Å². The van der Waals surface area contributed by atoms with Gasteiger partial charge in [-0.05, 0) is 42.3 Å². The molecule has 0 radical (unpaired) electrons. The molecule has 0 bridgehead atoms. The van der Waals surface area contributed by atoms with Crippen molar-refractivity contribution in [1.82, 2.24) is 5.32 Å². The van der Waals surface area contributed by atoms with E-state index in [1.807, 2.05) is 7.05 Å². The Bertz CT molecular complexity index is 507. The Morgan fingerprint density at radius 3 is 2.72 bits per heavy atom. The van der Waals surface area contributed by atoms with Crippen LogP contribution in [0.4, 0.5) is 0 Å². The first kappa shape index (κ1) is 13.1. The summed E-state index contributed by atoms with van der Waals surface area (Å²) in [5, 5.41) is 5.75. The van der Waals surface area contributed by atoms with Crippen LogP contribution in [0.3, 0.4) is 0 Å². The van der Waals surface area contributed by atoms with Gasteiger partial charge >= 0.3 is 0 Å². The van der Waals surface area contributed by atoms with Crippen molar-refractivity contribution in [2.24, 2.45) is 0 Å². The number of hydrogen-bond donors (Lipinski definition) is 1. The van der Waals surface area contributed by atoms with Gasteiger partial charge in [0.2, 0.25) is 0 Å². The predicted molar refractivity (Wildman–Crippen MR) is 77.1 cm³/mol. The number of likely N-dealkylation sites (N-methyl/N-ethyl adjacent to an activating group) is 1. The summed E-state index contributed by atoms with van der Waals surface area (Å²) in [4.78, 5) is 0. The third-order valence-corrected chi connectivity index (χ3v) is 3.27. The number of fused-ring (bicyclic) bond motifs is 1. The molecular formula is C16H21NO. The smallest absolute Gasteiger partial charge is 0.0590 e. The second-order valence-corrected chi connectivity index (χ2v) is 4.55. The molecule has 0 spiro atoms. The van der Waals surface area contributed by atoms with E-state index in [4.69, 9.17) is 4.74 Å². The highest BCUT2D eigenvalue weighted by molar-refractivity contribution is 5.86. The zero-order chi connectivity index (χ0) is 12.8. The van der Waals surface area contributed by atoms with E-state index in [1.165, 1.54) is 21.9 Å². The molecule has 18 heavy (non-hydrogen) atoms. The molecule has 2 aromatic rings. The Morgan fingerprint density at radius 1 is 1.06 bits per heavy atom. The number of rotatable bonds is 6. The summed E-state index contributed by atoms with van der Waals surface area (Å²) in [6.07, 6.45) is 0.983. The SMILES string of the molecule is CNCCOCCc1c(C)ccc2ccccc12. The number of benzene rings is 2. The second kappa shape index (κ2) is 6.53. The van der Waals surface area contributed by atoms with Crippen molar-refractivity contribution < 1.29 is 4.74 Å². The molecular weight excluding hydrogens is 222 g/mol. The number of hydrogen-bond acceptors (Lipinski definition) is 2. The molecule has 0 unspecified atom stereocenters. The Morgan fingerprint density at radius 2 is 1.89 bits per heavy atom. The monoisotopic (exact) mass is 243 g/mol. The molecule has 0 aliphatic rings. The van der Waals surface area contributed by atoms with Crippen molar-refractivity contribution in [2.75, 3.05) is 26.8 Å². The highest BCUT2D eigenvalue weighted by Gasteiger charge is 2.04. The zero-order valence-corrected chi connectivity index (χ0v) is 11.2. The van der Waals surface area contributed by atoms with E-state index in [0.29, 0.717) is 0 Å². The van der Waals surface area contributed by atoms with Crippen LogP contribution in [0.15, 0.2) is 36.4 Å². The van der Waals surface area contributed by atoms with E-state index in [2.05, 4.69) is 48.6 Å². The summed E-state index contributed by atoms with van der Waals surface area (Å²) in [7, 11) is 1.94. The van der Waals surface area contributed by atoms with Crippen LogP contribution in [0.2, 0.25) is 0 Å². The molecule has 0 aliphatic heterocycles. The van der Waals surface area contributed by atoms with Crippen molar-refractivity contribution in [3.8, 4) is 0 Å². The topological polar surface area (TPSA) is 21.3 Å². The molecule has 0 atom stereocenters. The molecule has 0 saturated heterocycles. The summed E-state index contributed by atoms with van der Waals surface area (Å²) >= 11 is 0. The average Bonchev–Trinajstić information content (AvgIpc) is 2.41. The van der Waals surface area contributed by atoms with Gasteiger partial charge in [0.25, 0.3) is 0 Å². The molecule has 0 heterocycles. The minimum Gasteiger partial charge on any atom is -0.380 e. The summed E-state index contributed by atoms with van der Waals surface area (Å²) in [5.74, 6) is 0. The lowest BCUT2D eigenvalue weighted by molar-refractivity contribution is 0.140. The lowest BCUT2D eigenvalue weighted by atomic mass is 9.98. The van der Waals surface area contributed by atoms with E-state index in [1.54, 1.807) is 0 Å². The van der Waals surface area contributed by atoms with Crippen molar-refractivity contribution in [3.63, 3.8) is 0 Å². The van der Waals surface area contributed by atoms with E-state index in [9.17, 15) is 0 Å². The fraction of sp³-hybridized carbons (Fsp3) is 0.375. The van der Waals surface area contributed by atoms with Gasteiger partial charge in [0.15, 0.2) is 0 Å². The summed E-state index contributed by atoms with van der Waals surface area (Å²) < 4.78 is 5.62. The van der Waals surface area contributed by atoms with E-state index < -0.39 is 0 Å². The lowest BCUT2D eigenvalue weighted by Crippen LogP contribution is -2.15. The number of ether oxygens (including phenoxy) is 1. The molecule has 2 heteroatoms. The van der Waals surface area contributed by atoms with Gasteiger partial charge in [0.05, 0.1) is 13.2 Å². The average molecular weight is 243 g/mol. The first-order chi connectivity index (χ1) is 8.83. The van der Waals surface area contributed by atoms with E-state index in [0.717, 1.165) is 26.2 Å². The van der Waals surface area contributed by atoms with Crippen LogP contribution in [0, 0.1) is 6.92 Å². The Balaban J connectivity index is 2.09. The molecule has 0 saturated carbocycles. The molecule has 0 aliphatic carbocycles. The van der Waals surface area contributed by atoms with Crippen molar-refractivity contribution in [3.05, 3.63) is 47.5 Å². The fourth-order valence-corrected chi connectivity index (χ4v) is 2.23. The minimum atomic E-state index is 0.778. The highest BCUT2D eigenvalue weighted by atomic mass is 16.5. The predicted octanol–water partition coefficient (Wildman–Crippen LogP) is 2.93. The molecule has 1 N–H and O–H groups in total. The van der Waals surface area contributed by atoms with Crippen molar-refractivity contribution >= 4 is 10.8 Å². The maximum Gasteiger partial charge on any atom is 0.0590 e. The van der Waals surface area contributed by atoms with Crippen LogP contribution in [-0.2, 0) is 11.2 Å². The molecule has 2 aromatic carbocycles. The van der Waals surface area contributed by atoms with Crippen LogP contribution < -0.4 is 5.32 Å². The summed E-state index contributed by atoms with van der Waals surface area (Å²) in [5.41, 5.74) is 2.77. The highest BCUT2D eigenvalue weighted by Crippen LogP contribution is 2.22. The molecule has 0 aromatic heterocycles. The Labute approximate surface area is 109 Å². The summed E-state index contributed by atoms with van der Waals surface area (Å²) in [6, 6.07) is 12.9. The van der Waals surface area contributed by atoms with E-state index >= 15 is 0 Å². The normalized spacial score (nSPS) is 11.0. The molecule has 0 amide bonds. The summed E-state index contributed by atoms with van der Waals surface area (Å²) in [6.45, 7) is 4.65. The second-order valence-electron chi connectivity index (χ2n) is 4.55. The largest absolute Gasteiger partial charge is 0.380 e. The quantitative estimate of drug-likeness (QED) is 0.788. The molecule has 2 nitrogen and oxygen atoms in total. The van der Waals surface area contributed by atoms with Crippen LogP contribution in [-0.4, -0.2) is 26.8 Å². The van der Waals surface area contributed by atoms with Crippen LogP contribution in [0.1, 0.15) is 11.1 Å². The first-order valence-corrected chi connectivity index (χ1v) is 6.52.